The summed E-state index contributed by atoms with van der Waals surface area (Å²) < 4.78 is 23.9. The highest BCUT2D eigenvalue weighted by Crippen LogP contribution is 2.43. The molecule has 90 heavy (non-hydrogen) atoms. The molecule has 9 heteroatoms. The molecule has 3 atom stereocenters. The Balaban J connectivity index is 3.97. The van der Waals surface area contributed by atoms with Crippen LogP contribution in [0.15, 0.2) is 36.5 Å². The maximum atomic E-state index is 13.1. The minimum Gasteiger partial charge on any atom is -0.387 e. The summed E-state index contributed by atoms with van der Waals surface area (Å²) in [5.41, 5.74) is 0. The van der Waals surface area contributed by atoms with Crippen molar-refractivity contribution in [3.8, 4) is 0 Å². The lowest BCUT2D eigenvalue weighted by Gasteiger charge is -2.25. The van der Waals surface area contributed by atoms with Crippen molar-refractivity contribution >= 4 is 13.7 Å². The molecule has 0 aromatic heterocycles. The monoisotopic (exact) mass is 1290 g/mol. The number of aliphatic hydroxyl groups excluding tert-OH is 1. The zero-order valence-corrected chi connectivity index (χ0v) is 62.3. The van der Waals surface area contributed by atoms with Crippen LogP contribution < -0.4 is 5.32 Å². The van der Waals surface area contributed by atoms with Gasteiger partial charge in [-0.05, 0) is 44.9 Å². The van der Waals surface area contributed by atoms with Crippen LogP contribution in [0, 0.1) is 0 Å². The van der Waals surface area contributed by atoms with Gasteiger partial charge in [0, 0.05) is 6.42 Å². The second kappa shape index (κ2) is 72.0. The molecule has 0 heterocycles. The number of carbonyl (C=O) groups excluding carboxylic acids is 1. The maximum absolute atomic E-state index is 13.1. The number of amides is 1. The molecule has 0 aliphatic heterocycles. The normalized spacial score (nSPS) is 13.6. The highest BCUT2D eigenvalue weighted by molar-refractivity contribution is 7.47. The molecule has 0 fully saturated rings. The summed E-state index contributed by atoms with van der Waals surface area (Å²) in [7, 11) is 1.57. The number of phosphoric acid groups is 1. The fourth-order valence-electron chi connectivity index (χ4n) is 12.6. The Morgan fingerprint density at radius 2 is 0.611 bits per heavy atom. The van der Waals surface area contributed by atoms with Crippen LogP contribution in [0.25, 0.3) is 0 Å². The smallest absolute Gasteiger partial charge is 0.387 e. The number of nitrogens with zero attached hydrogens (tertiary/aromatic N) is 1. The van der Waals surface area contributed by atoms with Gasteiger partial charge in [0.05, 0.1) is 39.9 Å². The SMILES string of the molecule is CCCCCCCCCCCCCCCCCCCCCC/C=C/CC/C=C/CC/C=C/C(O)C(COP(=O)(O)OCC[N+](C)(C)C)NC(=O)CCCCCCCCCCCCCCCCCCCCCCCCCCCCCCCCCCCCCCCC. The largest absolute Gasteiger partial charge is 0.472 e. The van der Waals surface area contributed by atoms with Gasteiger partial charge in [-0.3, -0.25) is 13.8 Å². The van der Waals surface area contributed by atoms with Crippen LogP contribution in [0.1, 0.15) is 425 Å². The van der Waals surface area contributed by atoms with E-state index >= 15 is 0 Å². The van der Waals surface area contributed by atoms with Crippen LogP contribution in [0.4, 0.5) is 0 Å². The Morgan fingerprint density at radius 1 is 0.367 bits per heavy atom. The van der Waals surface area contributed by atoms with E-state index in [1.807, 2.05) is 27.2 Å². The van der Waals surface area contributed by atoms with E-state index in [9.17, 15) is 19.4 Å². The second-order valence-electron chi connectivity index (χ2n) is 29.1. The Morgan fingerprint density at radius 3 is 0.889 bits per heavy atom. The van der Waals surface area contributed by atoms with Crippen molar-refractivity contribution in [2.24, 2.45) is 0 Å². The Hall–Kier alpha value is -1.28. The van der Waals surface area contributed by atoms with Gasteiger partial charge in [0.25, 0.3) is 0 Å². The predicted molar refractivity (Wildman–Crippen MR) is 397 cm³/mol. The molecular formula is C81H160N2O6P+. The number of aliphatic hydroxyl groups is 1. The van der Waals surface area contributed by atoms with E-state index in [4.69, 9.17) is 9.05 Å². The molecule has 8 nitrogen and oxygen atoms in total. The highest BCUT2D eigenvalue weighted by Gasteiger charge is 2.28. The Kier molecular flexibility index (Phi) is 71.0. The first kappa shape index (κ1) is 88.7. The van der Waals surface area contributed by atoms with Crippen LogP contribution in [0.5, 0.6) is 0 Å². The van der Waals surface area contributed by atoms with Gasteiger partial charge in [-0.15, -0.1) is 0 Å². The van der Waals surface area contributed by atoms with E-state index in [1.54, 1.807) is 6.08 Å². The minimum atomic E-state index is -4.37. The van der Waals surface area contributed by atoms with Crippen molar-refractivity contribution in [3.63, 3.8) is 0 Å². The number of hydrogen-bond acceptors (Lipinski definition) is 5. The van der Waals surface area contributed by atoms with Crippen molar-refractivity contribution in [3.05, 3.63) is 36.5 Å². The predicted octanol–water partition coefficient (Wildman–Crippen LogP) is 26.3. The zero-order valence-electron chi connectivity index (χ0n) is 61.4. The van der Waals surface area contributed by atoms with Gasteiger partial charge in [0.1, 0.15) is 13.2 Å². The zero-order chi connectivity index (χ0) is 65.5. The van der Waals surface area contributed by atoms with E-state index in [2.05, 4.69) is 43.5 Å². The molecule has 0 saturated heterocycles. The summed E-state index contributed by atoms with van der Waals surface area (Å²) in [5, 5.41) is 14.0. The van der Waals surface area contributed by atoms with E-state index < -0.39 is 20.0 Å². The quantitative estimate of drug-likeness (QED) is 0.0243. The lowest BCUT2D eigenvalue weighted by Crippen LogP contribution is -2.45. The average molecular weight is 1290 g/mol. The summed E-state index contributed by atoms with van der Waals surface area (Å²) in [6, 6.07) is -0.870. The fourth-order valence-corrected chi connectivity index (χ4v) is 13.3. The van der Waals surface area contributed by atoms with Crippen molar-refractivity contribution in [2.45, 2.75) is 437 Å². The second-order valence-corrected chi connectivity index (χ2v) is 30.6. The standard InChI is InChI=1S/C81H159N2O6P/c1-6-8-10-12-14-16-18-20-22-24-26-28-30-32-34-36-38-39-40-41-42-43-44-45-47-49-51-53-55-57-59-61-63-65-67-69-71-73-75-81(85)82-79(78-89-90(86,87)88-77-76-83(3,4)5)80(84)74-72-70-68-66-64-62-60-58-56-54-52-50-48-46-37-35-33-31-29-27-25-23-21-19-17-15-13-11-9-7-2/h56,58,64,66,72,74,79-80,84H,6-55,57,59-63,65,67-71,73,75-78H2,1-5H3,(H-,82,85,86,87)/p+1/b58-56+,66-64+,74-72+. The van der Waals surface area contributed by atoms with Crippen molar-refractivity contribution in [2.75, 3.05) is 40.9 Å². The molecule has 3 unspecified atom stereocenters. The number of allylic oxidation sites excluding steroid dienone is 5. The van der Waals surface area contributed by atoms with Gasteiger partial charge in [-0.25, -0.2) is 4.57 Å². The third kappa shape index (κ3) is 74.1. The third-order valence-electron chi connectivity index (χ3n) is 18.8. The minimum absolute atomic E-state index is 0.0556. The van der Waals surface area contributed by atoms with Crippen LogP contribution in [0.3, 0.4) is 0 Å². The van der Waals surface area contributed by atoms with Gasteiger partial charge in [-0.1, -0.05) is 410 Å². The summed E-state index contributed by atoms with van der Waals surface area (Å²) in [6.45, 7) is 4.86. The van der Waals surface area contributed by atoms with Crippen molar-refractivity contribution in [1.29, 1.82) is 0 Å². The molecule has 534 valence electrons. The molecule has 0 aliphatic carbocycles. The molecule has 0 saturated carbocycles. The molecule has 0 spiro atoms. The topological polar surface area (TPSA) is 105 Å². The maximum Gasteiger partial charge on any atom is 0.472 e. The first-order chi connectivity index (χ1) is 44.0. The van der Waals surface area contributed by atoms with Gasteiger partial charge in [0.2, 0.25) is 5.91 Å². The first-order valence-electron chi connectivity index (χ1n) is 40.4. The van der Waals surface area contributed by atoms with Crippen LogP contribution in [0.2, 0.25) is 0 Å². The summed E-state index contributed by atoms with van der Waals surface area (Å²) in [4.78, 5) is 23.5. The molecule has 1 amide bonds. The van der Waals surface area contributed by atoms with Crippen LogP contribution >= 0.6 is 7.82 Å². The molecule has 0 bridgehead atoms. The van der Waals surface area contributed by atoms with E-state index in [1.165, 1.54) is 360 Å². The summed E-state index contributed by atoms with van der Waals surface area (Å²) in [5.74, 6) is -0.182. The van der Waals surface area contributed by atoms with Crippen molar-refractivity contribution < 1.29 is 32.9 Å². The van der Waals surface area contributed by atoms with Gasteiger partial charge in [0.15, 0.2) is 0 Å². The molecular weight excluding hydrogens is 1130 g/mol. The molecule has 0 rings (SSSR count). The lowest BCUT2D eigenvalue weighted by atomic mass is 10.0. The molecule has 0 aliphatic rings. The van der Waals surface area contributed by atoms with Gasteiger partial charge < -0.3 is 19.8 Å². The Bertz CT molecular complexity index is 1560. The van der Waals surface area contributed by atoms with Crippen LogP contribution in [-0.4, -0.2) is 73.4 Å². The number of nitrogens with one attached hydrogen (secondary N) is 1. The van der Waals surface area contributed by atoms with E-state index in [-0.39, 0.29) is 19.1 Å². The average Bonchev–Trinajstić information content (AvgIpc) is 3.39. The van der Waals surface area contributed by atoms with Gasteiger partial charge in [-0.2, -0.15) is 0 Å². The number of likely N-dealkylation sites (N-methyl/N-ethyl adjacent to an activating group) is 1. The molecule has 0 radical (unpaired) electrons. The number of phosphoric ester groups is 1. The number of carbonyl (C=O) groups is 1. The highest BCUT2D eigenvalue weighted by atomic mass is 31.2. The molecule has 0 aromatic rings. The molecule has 3 N–H and O–H groups in total. The number of quaternary nitrogens is 1. The van der Waals surface area contributed by atoms with Crippen molar-refractivity contribution in [1.82, 2.24) is 5.32 Å². The number of hydrogen-bond donors (Lipinski definition) is 3. The number of rotatable bonds is 76. The summed E-state index contributed by atoms with van der Waals surface area (Å²) >= 11 is 0. The first-order valence-corrected chi connectivity index (χ1v) is 41.9. The van der Waals surface area contributed by atoms with E-state index in [0.717, 1.165) is 44.9 Å². The third-order valence-corrected chi connectivity index (χ3v) is 19.8. The Labute approximate surface area is 563 Å². The van der Waals surface area contributed by atoms with Crippen LogP contribution in [-0.2, 0) is 18.4 Å². The summed E-state index contributed by atoms with van der Waals surface area (Å²) in [6.07, 6.45) is 97.9. The fraction of sp³-hybridized carbons (Fsp3) is 0.914. The molecule has 0 aromatic carbocycles. The lowest BCUT2D eigenvalue weighted by molar-refractivity contribution is -0.870. The number of unbranched alkanes of at least 4 members (excludes halogenated alkanes) is 59. The van der Waals surface area contributed by atoms with E-state index in [0.29, 0.717) is 17.4 Å². The van der Waals surface area contributed by atoms with Gasteiger partial charge >= 0.3 is 7.82 Å².